The average Bonchev–Trinajstić information content (AvgIpc) is 3.03. The number of benzene rings is 2. The summed E-state index contributed by atoms with van der Waals surface area (Å²) in [6.45, 7) is 3.99. The number of hydrogen-bond acceptors (Lipinski definition) is 4. The second kappa shape index (κ2) is 5.82. The van der Waals surface area contributed by atoms with E-state index < -0.39 is 5.72 Å². The molecule has 130 valence electrons. The summed E-state index contributed by atoms with van der Waals surface area (Å²) < 4.78 is 11.4. The molecular formula is C19H18Cl2N2O2. The third-order valence-corrected chi connectivity index (χ3v) is 5.13. The Morgan fingerprint density at radius 1 is 1.20 bits per heavy atom. The van der Waals surface area contributed by atoms with Gasteiger partial charge >= 0.3 is 0 Å². The summed E-state index contributed by atoms with van der Waals surface area (Å²) in [6, 6.07) is 11.6. The molecule has 0 N–H and O–H groups in total. The van der Waals surface area contributed by atoms with E-state index in [4.69, 9.17) is 37.8 Å². The molecule has 1 atom stereocenters. The van der Waals surface area contributed by atoms with Crippen molar-refractivity contribution in [1.29, 1.82) is 0 Å². The van der Waals surface area contributed by atoms with Crippen molar-refractivity contribution in [3.05, 3.63) is 57.6 Å². The van der Waals surface area contributed by atoms with E-state index in [1.807, 2.05) is 49.2 Å². The first kappa shape index (κ1) is 16.6. The predicted molar refractivity (Wildman–Crippen MR) is 99.9 cm³/mol. The summed E-state index contributed by atoms with van der Waals surface area (Å²) in [7, 11) is 1.66. The largest absolute Gasteiger partial charge is 0.497 e. The number of hydrazone groups is 1. The second-order valence-electron chi connectivity index (χ2n) is 6.69. The fourth-order valence-corrected chi connectivity index (χ4v) is 3.99. The molecule has 0 bridgehead atoms. The van der Waals surface area contributed by atoms with Gasteiger partial charge in [0.2, 0.25) is 0 Å². The number of ether oxygens (including phenoxy) is 2. The van der Waals surface area contributed by atoms with Crippen molar-refractivity contribution in [2.75, 3.05) is 7.11 Å². The molecule has 2 aliphatic rings. The minimum Gasteiger partial charge on any atom is -0.497 e. The van der Waals surface area contributed by atoms with Gasteiger partial charge in [-0.3, -0.25) is 0 Å². The standard InChI is InChI=1S/C19H18Cl2N2O2/c1-19(2)23-17(14-8-12(20)9-15(21)18(14)25-19)10-16(22-23)11-4-6-13(24-3)7-5-11/h4-9,17H,10H2,1-3H3. The smallest absolute Gasteiger partial charge is 0.192 e. The molecule has 0 radical (unpaired) electrons. The molecule has 2 heterocycles. The summed E-state index contributed by atoms with van der Waals surface area (Å²) in [5.41, 5.74) is 2.46. The van der Waals surface area contributed by atoms with Gasteiger partial charge in [0, 0.05) is 17.0 Å². The van der Waals surface area contributed by atoms with Crippen LogP contribution >= 0.6 is 23.2 Å². The van der Waals surface area contributed by atoms with Crippen LogP contribution in [0.1, 0.15) is 37.4 Å². The van der Waals surface area contributed by atoms with Crippen LogP contribution < -0.4 is 9.47 Å². The number of hydrogen-bond donors (Lipinski definition) is 0. The molecule has 0 spiro atoms. The zero-order chi connectivity index (χ0) is 17.8. The van der Waals surface area contributed by atoms with E-state index in [0.29, 0.717) is 15.8 Å². The maximum absolute atomic E-state index is 6.37. The molecule has 2 aromatic rings. The molecule has 2 aliphatic heterocycles. The van der Waals surface area contributed by atoms with Gasteiger partial charge in [0.1, 0.15) is 11.5 Å². The van der Waals surface area contributed by atoms with Crippen molar-refractivity contribution in [1.82, 2.24) is 5.01 Å². The van der Waals surface area contributed by atoms with Crippen LogP contribution in [-0.2, 0) is 0 Å². The molecule has 6 heteroatoms. The van der Waals surface area contributed by atoms with Crippen molar-refractivity contribution in [2.45, 2.75) is 32.0 Å². The maximum atomic E-state index is 6.37. The summed E-state index contributed by atoms with van der Waals surface area (Å²) in [6.07, 6.45) is 0.767. The van der Waals surface area contributed by atoms with Crippen molar-refractivity contribution in [3.8, 4) is 11.5 Å². The number of rotatable bonds is 2. The molecule has 0 aromatic heterocycles. The SMILES string of the molecule is COc1ccc(C2=NN3C(C2)c2cc(Cl)cc(Cl)c2OC3(C)C)cc1. The Morgan fingerprint density at radius 3 is 2.60 bits per heavy atom. The predicted octanol–water partition coefficient (Wildman–Crippen LogP) is 5.28. The van der Waals surface area contributed by atoms with E-state index in [1.54, 1.807) is 13.2 Å². The number of fused-ring (bicyclic) bond motifs is 3. The van der Waals surface area contributed by atoms with Crippen molar-refractivity contribution in [3.63, 3.8) is 0 Å². The highest BCUT2D eigenvalue weighted by atomic mass is 35.5. The normalized spacial score (nSPS) is 20.4. The van der Waals surface area contributed by atoms with E-state index in [-0.39, 0.29) is 6.04 Å². The Kier molecular flexibility index (Phi) is 3.85. The van der Waals surface area contributed by atoms with E-state index >= 15 is 0 Å². The van der Waals surface area contributed by atoms with Crippen LogP contribution in [0.15, 0.2) is 41.5 Å². The van der Waals surface area contributed by atoms with E-state index in [0.717, 1.165) is 29.0 Å². The molecule has 4 nitrogen and oxygen atoms in total. The number of halogens is 2. The van der Waals surface area contributed by atoms with Crippen LogP contribution in [0.25, 0.3) is 0 Å². The Bertz CT molecular complexity index is 862. The van der Waals surface area contributed by atoms with Gasteiger partial charge in [0.05, 0.1) is 23.9 Å². The highest BCUT2D eigenvalue weighted by Gasteiger charge is 2.45. The summed E-state index contributed by atoms with van der Waals surface area (Å²) in [5, 5.41) is 7.98. The van der Waals surface area contributed by atoms with Crippen molar-refractivity contribution < 1.29 is 9.47 Å². The van der Waals surface area contributed by atoms with Crippen molar-refractivity contribution in [2.24, 2.45) is 5.10 Å². The first-order valence-electron chi connectivity index (χ1n) is 8.08. The van der Waals surface area contributed by atoms with Crippen LogP contribution in [0.5, 0.6) is 11.5 Å². The van der Waals surface area contributed by atoms with E-state index in [1.165, 1.54) is 0 Å². The lowest BCUT2D eigenvalue weighted by Crippen LogP contribution is -2.48. The highest BCUT2D eigenvalue weighted by Crippen LogP contribution is 2.50. The Hall–Kier alpha value is -1.91. The van der Waals surface area contributed by atoms with Gasteiger partial charge < -0.3 is 9.47 Å². The minimum absolute atomic E-state index is 0.0482. The second-order valence-corrected chi connectivity index (χ2v) is 7.54. The molecule has 0 saturated heterocycles. The van der Waals surface area contributed by atoms with Crippen LogP contribution in [0.3, 0.4) is 0 Å². The third kappa shape index (κ3) is 2.74. The summed E-state index contributed by atoms with van der Waals surface area (Å²) in [5.74, 6) is 1.52. The summed E-state index contributed by atoms with van der Waals surface area (Å²) in [4.78, 5) is 0. The molecule has 0 aliphatic carbocycles. The molecule has 0 fully saturated rings. The molecule has 0 amide bonds. The van der Waals surface area contributed by atoms with Crippen LogP contribution in [0.4, 0.5) is 0 Å². The lowest BCUT2D eigenvalue weighted by atomic mass is 9.95. The Labute approximate surface area is 156 Å². The maximum Gasteiger partial charge on any atom is 0.192 e. The zero-order valence-corrected chi connectivity index (χ0v) is 15.7. The van der Waals surface area contributed by atoms with Crippen LogP contribution in [0.2, 0.25) is 10.0 Å². The van der Waals surface area contributed by atoms with Gasteiger partial charge in [0.15, 0.2) is 5.72 Å². The average molecular weight is 377 g/mol. The van der Waals surface area contributed by atoms with E-state index in [2.05, 4.69) is 0 Å². The van der Waals surface area contributed by atoms with Gasteiger partial charge in [-0.05, 0) is 55.8 Å². The lowest BCUT2D eigenvalue weighted by molar-refractivity contribution is -0.0910. The Balaban J connectivity index is 1.76. The van der Waals surface area contributed by atoms with Crippen LogP contribution in [0, 0.1) is 0 Å². The first-order chi connectivity index (χ1) is 11.9. The van der Waals surface area contributed by atoms with Gasteiger partial charge in [-0.2, -0.15) is 5.10 Å². The van der Waals surface area contributed by atoms with Crippen molar-refractivity contribution >= 4 is 28.9 Å². The number of nitrogens with zero attached hydrogens (tertiary/aromatic N) is 2. The van der Waals surface area contributed by atoms with Crippen LogP contribution in [-0.4, -0.2) is 23.6 Å². The highest BCUT2D eigenvalue weighted by molar-refractivity contribution is 6.35. The quantitative estimate of drug-likeness (QED) is 0.714. The Morgan fingerprint density at radius 2 is 1.92 bits per heavy atom. The molecular weight excluding hydrogens is 359 g/mol. The fraction of sp³-hybridized carbons (Fsp3) is 0.316. The molecule has 0 saturated carbocycles. The van der Waals surface area contributed by atoms with Gasteiger partial charge in [-0.1, -0.05) is 23.2 Å². The molecule has 4 rings (SSSR count). The third-order valence-electron chi connectivity index (χ3n) is 4.63. The van der Waals surface area contributed by atoms with Gasteiger partial charge in [0.25, 0.3) is 0 Å². The van der Waals surface area contributed by atoms with Gasteiger partial charge in [-0.15, -0.1) is 0 Å². The monoisotopic (exact) mass is 376 g/mol. The summed E-state index contributed by atoms with van der Waals surface area (Å²) >= 11 is 12.6. The molecule has 25 heavy (non-hydrogen) atoms. The zero-order valence-electron chi connectivity index (χ0n) is 14.2. The number of methoxy groups -OCH3 is 1. The minimum atomic E-state index is -0.594. The van der Waals surface area contributed by atoms with Gasteiger partial charge in [-0.25, -0.2) is 5.01 Å². The lowest BCUT2D eigenvalue weighted by Gasteiger charge is -2.44. The fourth-order valence-electron chi connectivity index (χ4n) is 3.44. The molecule has 2 aromatic carbocycles. The first-order valence-corrected chi connectivity index (χ1v) is 8.84. The molecule has 1 unspecified atom stereocenters. The van der Waals surface area contributed by atoms with E-state index in [9.17, 15) is 0 Å². The topological polar surface area (TPSA) is 34.1 Å².